The zero-order chi connectivity index (χ0) is 28.5. The molecule has 14 heteroatoms. The second-order valence-electron chi connectivity index (χ2n) is 8.00. The Morgan fingerprint density at radius 3 is 2.44 bits per heavy atom. The van der Waals surface area contributed by atoms with Crippen molar-refractivity contribution in [1.82, 2.24) is 9.55 Å². The SMILES string of the molecule is COc1cc(OC)c(-c2nc(NC(=O)c3cc4ccccc4n3CC(=O)OC(=O)C(F)(F)F)sc2C)cc1Cl. The van der Waals surface area contributed by atoms with E-state index in [9.17, 15) is 27.6 Å². The van der Waals surface area contributed by atoms with Crippen molar-refractivity contribution in [3.63, 3.8) is 0 Å². The number of amides is 1. The number of methoxy groups -OCH3 is 2. The second-order valence-corrected chi connectivity index (χ2v) is 9.61. The third kappa shape index (κ3) is 5.83. The van der Waals surface area contributed by atoms with Gasteiger partial charge in [0.1, 0.15) is 23.7 Å². The van der Waals surface area contributed by atoms with Crippen molar-refractivity contribution in [2.75, 3.05) is 19.5 Å². The summed E-state index contributed by atoms with van der Waals surface area (Å²) in [5.41, 5.74) is 1.36. The molecule has 0 atom stereocenters. The summed E-state index contributed by atoms with van der Waals surface area (Å²) in [5.74, 6) is -3.98. The number of aryl methyl sites for hydroxylation is 1. The van der Waals surface area contributed by atoms with Gasteiger partial charge in [0, 0.05) is 27.4 Å². The number of ether oxygens (including phenoxy) is 3. The minimum Gasteiger partial charge on any atom is -0.496 e. The molecule has 0 aliphatic carbocycles. The summed E-state index contributed by atoms with van der Waals surface area (Å²) in [6.45, 7) is 0.965. The fourth-order valence-corrected chi connectivity index (χ4v) is 4.86. The molecule has 0 unspecified atom stereocenters. The van der Waals surface area contributed by atoms with Crippen LogP contribution in [-0.4, -0.2) is 47.8 Å². The summed E-state index contributed by atoms with van der Waals surface area (Å²) in [6.07, 6.45) is -5.34. The number of benzene rings is 2. The number of rotatable bonds is 7. The number of carbonyl (C=O) groups is 3. The van der Waals surface area contributed by atoms with Crippen molar-refractivity contribution in [3.05, 3.63) is 58.1 Å². The van der Waals surface area contributed by atoms with E-state index >= 15 is 0 Å². The molecule has 4 rings (SSSR count). The lowest BCUT2D eigenvalue weighted by atomic mass is 10.1. The number of hydrogen-bond acceptors (Lipinski definition) is 8. The lowest BCUT2D eigenvalue weighted by molar-refractivity contribution is -0.202. The summed E-state index contributed by atoms with van der Waals surface area (Å²) in [6, 6.07) is 11.2. The Labute approximate surface area is 228 Å². The van der Waals surface area contributed by atoms with E-state index in [1.807, 2.05) is 0 Å². The van der Waals surface area contributed by atoms with E-state index in [0.29, 0.717) is 38.7 Å². The van der Waals surface area contributed by atoms with Crippen molar-refractivity contribution in [2.45, 2.75) is 19.6 Å². The van der Waals surface area contributed by atoms with Gasteiger partial charge < -0.3 is 18.8 Å². The van der Waals surface area contributed by atoms with Crippen LogP contribution in [0.1, 0.15) is 15.4 Å². The average molecular weight is 582 g/mol. The fraction of sp³-hybridized carbons (Fsp3) is 0.200. The lowest BCUT2D eigenvalue weighted by Crippen LogP contribution is -2.30. The summed E-state index contributed by atoms with van der Waals surface area (Å²) in [5, 5.41) is 3.71. The Morgan fingerprint density at radius 1 is 1.08 bits per heavy atom. The molecule has 2 aromatic heterocycles. The number of nitrogens with one attached hydrogen (secondary N) is 1. The predicted molar refractivity (Wildman–Crippen MR) is 137 cm³/mol. The normalized spacial score (nSPS) is 11.4. The van der Waals surface area contributed by atoms with Crippen LogP contribution in [-0.2, 0) is 20.9 Å². The maximum atomic E-state index is 13.3. The number of anilines is 1. The minimum atomic E-state index is -5.34. The summed E-state index contributed by atoms with van der Waals surface area (Å²) >= 11 is 7.45. The van der Waals surface area contributed by atoms with Gasteiger partial charge in [-0.25, -0.2) is 14.6 Å². The summed E-state index contributed by atoms with van der Waals surface area (Å²) < 4.78 is 53.3. The number of aromatic nitrogens is 2. The molecule has 1 N–H and O–H groups in total. The molecule has 2 heterocycles. The van der Waals surface area contributed by atoms with Crippen LogP contribution in [0.4, 0.5) is 18.3 Å². The van der Waals surface area contributed by atoms with E-state index in [1.54, 1.807) is 43.3 Å². The quantitative estimate of drug-likeness (QED) is 0.223. The maximum Gasteiger partial charge on any atom is 0.491 e. The van der Waals surface area contributed by atoms with Crippen molar-refractivity contribution < 1.29 is 41.8 Å². The minimum absolute atomic E-state index is 0.0629. The Hall–Kier alpha value is -4.10. The van der Waals surface area contributed by atoms with E-state index < -0.39 is 30.6 Å². The van der Waals surface area contributed by atoms with Crippen molar-refractivity contribution >= 4 is 56.8 Å². The molecule has 2 aromatic carbocycles. The van der Waals surface area contributed by atoms with Gasteiger partial charge in [-0.15, -0.1) is 11.3 Å². The summed E-state index contributed by atoms with van der Waals surface area (Å²) in [4.78, 5) is 41.7. The molecule has 1 amide bonds. The molecule has 0 radical (unpaired) electrons. The van der Waals surface area contributed by atoms with E-state index in [2.05, 4.69) is 15.0 Å². The highest BCUT2D eigenvalue weighted by molar-refractivity contribution is 7.16. The smallest absolute Gasteiger partial charge is 0.491 e. The Morgan fingerprint density at radius 2 is 1.77 bits per heavy atom. The average Bonchev–Trinajstić information content (AvgIpc) is 3.43. The highest BCUT2D eigenvalue weighted by Gasteiger charge is 2.42. The van der Waals surface area contributed by atoms with Gasteiger partial charge in [0.15, 0.2) is 5.13 Å². The molecule has 0 aliphatic heterocycles. The molecule has 0 spiro atoms. The highest BCUT2D eigenvalue weighted by Crippen LogP contribution is 2.41. The third-order valence-electron chi connectivity index (χ3n) is 5.51. The first-order chi connectivity index (χ1) is 18.4. The van der Waals surface area contributed by atoms with Gasteiger partial charge in [0.25, 0.3) is 5.91 Å². The van der Waals surface area contributed by atoms with Gasteiger partial charge in [-0.1, -0.05) is 29.8 Å². The van der Waals surface area contributed by atoms with E-state index in [-0.39, 0.29) is 10.8 Å². The molecule has 0 saturated carbocycles. The Kier molecular flexibility index (Phi) is 7.84. The molecule has 0 saturated heterocycles. The number of thiazole rings is 1. The monoisotopic (exact) mass is 581 g/mol. The van der Waals surface area contributed by atoms with Gasteiger partial charge in [-0.05, 0) is 25.1 Å². The van der Waals surface area contributed by atoms with Crippen LogP contribution >= 0.6 is 22.9 Å². The van der Waals surface area contributed by atoms with E-state index in [4.69, 9.17) is 21.1 Å². The van der Waals surface area contributed by atoms with Crippen molar-refractivity contribution in [1.29, 1.82) is 0 Å². The standard InChI is InChI=1S/C25H19ClF3N3O6S/c1-12-21(14-9-15(26)19(37-3)10-18(14)36-2)30-24(39-12)31-22(34)17-8-13-6-4-5-7-16(13)32(17)11-20(33)38-23(35)25(27,28)29/h4-10H,11H2,1-3H3,(H,30,31,34). The third-order valence-corrected chi connectivity index (χ3v) is 6.70. The Balaban J connectivity index is 1.64. The maximum absolute atomic E-state index is 13.3. The predicted octanol–water partition coefficient (Wildman–Crippen LogP) is 5.63. The largest absolute Gasteiger partial charge is 0.496 e. The molecule has 0 fully saturated rings. The number of nitrogens with zero attached hydrogens (tertiary/aromatic N) is 2. The van der Waals surface area contributed by atoms with Gasteiger partial charge in [-0.3, -0.25) is 10.1 Å². The van der Waals surface area contributed by atoms with Gasteiger partial charge in [0.2, 0.25) is 0 Å². The highest BCUT2D eigenvalue weighted by atomic mass is 35.5. The van der Waals surface area contributed by atoms with Crippen LogP contribution in [0.3, 0.4) is 0 Å². The Bertz CT molecular complexity index is 1600. The number of fused-ring (bicyclic) bond motifs is 1. The van der Waals surface area contributed by atoms with Gasteiger partial charge in [-0.2, -0.15) is 13.2 Å². The van der Waals surface area contributed by atoms with Crippen LogP contribution in [0, 0.1) is 6.92 Å². The second kappa shape index (κ2) is 10.9. The lowest BCUT2D eigenvalue weighted by Gasteiger charge is -2.11. The number of carbonyl (C=O) groups excluding carboxylic acids is 3. The number of para-hydroxylation sites is 1. The fourth-order valence-electron chi connectivity index (χ4n) is 3.80. The van der Waals surface area contributed by atoms with E-state index in [0.717, 1.165) is 20.8 Å². The van der Waals surface area contributed by atoms with E-state index in [1.165, 1.54) is 20.3 Å². The van der Waals surface area contributed by atoms with Crippen LogP contribution in [0.2, 0.25) is 5.02 Å². The number of alkyl halides is 3. The number of esters is 2. The van der Waals surface area contributed by atoms with Crippen LogP contribution < -0.4 is 14.8 Å². The first-order valence-corrected chi connectivity index (χ1v) is 12.2. The van der Waals surface area contributed by atoms with Gasteiger partial charge in [0.05, 0.1) is 24.9 Å². The first kappa shape index (κ1) is 27.9. The molecule has 4 aromatic rings. The van der Waals surface area contributed by atoms with Crippen molar-refractivity contribution in [3.8, 4) is 22.8 Å². The zero-order valence-corrected chi connectivity index (χ0v) is 22.1. The molecule has 0 aliphatic rings. The number of halogens is 4. The molecular weight excluding hydrogens is 563 g/mol. The molecule has 39 heavy (non-hydrogen) atoms. The first-order valence-electron chi connectivity index (χ1n) is 11.0. The van der Waals surface area contributed by atoms with Crippen LogP contribution in [0.5, 0.6) is 11.5 Å². The molecule has 9 nitrogen and oxygen atoms in total. The molecular formula is C25H19ClF3N3O6S. The van der Waals surface area contributed by atoms with Gasteiger partial charge >= 0.3 is 18.1 Å². The van der Waals surface area contributed by atoms with Crippen LogP contribution in [0.25, 0.3) is 22.2 Å². The van der Waals surface area contributed by atoms with Crippen molar-refractivity contribution in [2.24, 2.45) is 0 Å². The molecule has 204 valence electrons. The molecule has 0 bridgehead atoms. The topological polar surface area (TPSA) is 109 Å². The number of hydrogen-bond donors (Lipinski definition) is 1. The van der Waals surface area contributed by atoms with Crippen LogP contribution in [0.15, 0.2) is 42.5 Å². The zero-order valence-electron chi connectivity index (χ0n) is 20.5. The summed E-state index contributed by atoms with van der Waals surface area (Å²) in [7, 11) is 2.94.